The third-order valence-electron chi connectivity index (χ3n) is 10.7. The van der Waals surface area contributed by atoms with Crippen LogP contribution in [0.25, 0.3) is 0 Å². The van der Waals surface area contributed by atoms with Crippen molar-refractivity contribution in [3.05, 3.63) is 227 Å². The standard InChI is InChI=1S/C54H44O15/c55-44-42(31-41(33-61-48(56)36-21-9-2-10-22-36)64-53(44)63-32-35-19-7-1-8-20-35)65-54-47(69-52(60)40-29-17-6-18-30-40)46(68-51(59)39-27-15-5-16-28-39)45(67-50(58)38-25-13-4-14-26-38)43(66-54)34-62-49(57)37-23-11-3-12-24-37/h1-31,41,43,45-47,53-54H,32-34H2/t41?,43?,45-,46+,47?,53?,54-/m1/s1. The molecule has 4 unspecified atom stereocenters. The van der Waals surface area contributed by atoms with E-state index in [1.807, 2.05) is 6.07 Å². The number of carbonyl (C=O) groups excluding carboxylic acids is 6. The van der Waals surface area contributed by atoms with E-state index in [0.29, 0.717) is 5.56 Å². The minimum Gasteiger partial charge on any atom is -0.459 e. The molecule has 15 nitrogen and oxygen atoms in total. The molecule has 0 saturated carbocycles. The summed E-state index contributed by atoms with van der Waals surface area (Å²) in [5, 5.41) is 0. The molecule has 8 rings (SSSR count). The summed E-state index contributed by atoms with van der Waals surface area (Å²) in [6, 6.07) is 48.8. The highest BCUT2D eigenvalue weighted by Crippen LogP contribution is 2.34. The normalized spacial score (nSPS) is 20.8. The summed E-state index contributed by atoms with van der Waals surface area (Å²) >= 11 is 0. The molecule has 6 aromatic carbocycles. The van der Waals surface area contributed by atoms with Gasteiger partial charge in [0, 0.05) is 0 Å². The molecule has 0 aliphatic carbocycles. The van der Waals surface area contributed by atoms with Crippen molar-refractivity contribution >= 4 is 35.6 Å². The lowest BCUT2D eigenvalue weighted by atomic mass is 9.97. The molecule has 350 valence electrons. The summed E-state index contributed by atoms with van der Waals surface area (Å²) in [7, 11) is 0. The molecule has 7 atom stereocenters. The van der Waals surface area contributed by atoms with Crippen molar-refractivity contribution in [2.75, 3.05) is 13.2 Å². The summed E-state index contributed by atoms with van der Waals surface area (Å²) in [4.78, 5) is 83.1. The summed E-state index contributed by atoms with van der Waals surface area (Å²) in [5.74, 6) is -5.53. The van der Waals surface area contributed by atoms with Crippen LogP contribution in [-0.2, 0) is 54.0 Å². The maximum absolute atomic E-state index is 14.4. The van der Waals surface area contributed by atoms with E-state index in [2.05, 4.69) is 0 Å². The van der Waals surface area contributed by atoms with Crippen molar-refractivity contribution in [3.8, 4) is 0 Å². The monoisotopic (exact) mass is 932 g/mol. The van der Waals surface area contributed by atoms with Gasteiger partial charge < -0.3 is 42.6 Å². The van der Waals surface area contributed by atoms with Crippen LogP contribution in [0.1, 0.15) is 57.4 Å². The largest absolute Gasteiger partial charge is 0.459 e. The average Bonchev–Trinajstić information content (AvgIpc) is 3.40. The summed E-state index contributed by atoms with van der Waals surface area (Å²) in [6.07, 6.45) is -10.2. The zero-order valence-electron chi connectivity index (χ0n) is 36.7. The first-order valence-electron chi connectivity index (χ1n) is 21.8. The minimum atomic E-state index is -1.88. The lowest BCUT2D eigenvalue weighted by molar-refractivity contribution is -0.290. The molecule has 6 aromatic rings. The van der Waals surface area contributed by atoms with E-state index >= 15 is 0 Å². The van der Waals surface area contributed by atoms with Gasteiger partial charge in [0.1, 0.15) is 25.4 Å². The molecular weight excluding hydrogens is 889 g/mol. The number of carbonyl (C=O) groups is 6. The van der Waals surface area contributed by atoms with Crippen molar-refractivity contribution < 1.29 is 71.4 Å². The molecule has 0 amide bonds. The van der Waals surface area contributed by atoms with Gasteiger partial charge in [-0.1, -0.05) is 121 Å². The quantitative estimate of drug-likeness (QED) is 0.0646. The van der Waals surface area contributed by atoms with Gasteiger partial charge in [-0.05, 0) is 72.3 Å². The first kappa shape index (κ1) is 47.3. The van der Waals surface area contributed by atoms with Gasteiger partial charge in [0.25, 0.3) is 5.78 Å². The Balaban J connectivity index is 1.19. The van der Waals surface area contributed by atoms with Crippen LogP contribution < -0.4 is 0 Å². The molecule has 0 aromatic heterocycles. The maximum atomic E-state index is 14.4. The van der Waals surface area contributed by atoms with Crippen LogP contribution in [0, 0.1) is 0 Å². The Hall–Kier alpha value is -8.24. The fraction of sp³-hybridized carbons (Fsp3) is 0.185. The van der Waals surface area contributed by atoms with Gasteiger partial charge in [-0.25, -0.2) is 24.0 Å². The third-order valence-corrected chi connectivity index (χ3v) is 10.7. The van der Waals surface area contributed by atoms with Crippen molar-refractivity contribution in [1.82, 2.24) is 0 Å². The van der Waals surface area contributed by atoms with Crippen LogP contribution >= 0.6 is 0 Å². The maximum Gasteiger partial charge on any atom is 0.338 e. The molecule has 1 saturated heterocycles. The van der Waals surface area contributed by atoms with Gasteiger partial charge in [0.15, 0.2) is 18.0 Å². The Bertz CT molecular complexity index is 2720. The van der Waals surface area contributed by atoms with Gasteiger partial charge in [0.05, 0.1) is 34.4 Å². The molecule has 0 spiro atoms. The number of esters is 5. The molecule has 0 bridgehead atoms. The van der Waals surface area contributed by atoms with Crippen LogP contribution in [-0.4, -0.2) is 91.9 Å². The first-order valence-corrected chi connectivity index (χ1v) is 21.8. The second-order valence-electron chi connectivity index (χ2n) is 15.5. The second-order valence-corrected chi connectivity index (χ2v) is 15.5. The lowest BCUT2D eigenvalue weighted by Gasteiger charge is -2.44. The van der Waals surface area contributed by atoms with Crippen LogP contribution in [0.5, 0.6) is 0 Å². The molecule has 2 aliphatic rings. The number of benzene rings is 6. The number of rotatable bonds is 17. The van der Waals surface area contributed by atoms with Gasteiger partial charge in [-0.15, -0.1) is 0 Å². The van der Waals surface area contributed by atoms with Crippen LogP contribution in [0.15, 0.2) is 194 Å². The van der Waals surface area contributed by atoms with E-state index in [0.717, 1.165) is 0 Å². The zero-order valence-corrected chi connectivity index (χ0v) is 36.7. The molecular formula is C54H44O15. The molecule has 0 radical (unpaired) electrons. The Morgan fingerprint density at radius 2 is 0.826 bits per heavy atom. The van der Waals surface area contributed by atoms with E-state index in [-0.39, 0.29) is 34.4 Å². The number of hydrogen-bond acceptors (Lipinski definition) is 15. The Labute approximate surface area is 396 Å². The van der Waals surface area contributed by atoms with Gasteiger partial charge in [0.2, 0.25) is 18.7 Å². The van der Waals surface area contributed by atoms with E-state index in [9.17, 15) is 28.8 Å². The molecule has 0 N–H and O–H groups in total. The number of ketones is 1. The summed E-state index contributed by atoms with van der Waals surface area (Å²) in [6.45, 7) is -1.14. The Morgan fingerprint density at radius 1 is 0.435 bits per heavy atom. The second kappa shape index (κ2) is 23.0. The third kappa shape index (κ3) is 12.4. The predicted octanol–water partition coefficient (Wildman–Crippen LogP) is 7.51. The van der Waals surface area contributed by atoms with Gasteiger partial charge >= 0.3 is 29.8 Å². The number of Topliss-reactive ketones (excluding diaryl/α,β-unsaturated/α-hetero) is 1. The van der Waals surface area contributed by atoms with Crippen molar-refractivity contribution in [2.24, 2.45) is 0 Å². The van der Waals surface area contributed by atoms with E-state index < -0.39 is 97.7 Å². The van der Waals surface area contributed by atoms with Gasteiger partial charge in [-0.3, -0.25) is 4.79 Å². The number of hydrogen-bond donors (Lipinski definition) is 0. The highest BCUT2D eigenvalue weighted by Gasteiger charge is 2.55. The van der Waals surface area contributed by atoms with Crippen LogP contribution in [0.2, 0.25) is 0 Å². The molecule has 69 heavy (non-hydrogen) atoms. The van der Waals surface area contributed by atoms with Crippen molar-refractivity contribution in [2.45, 2.75) is 49.7 Å². The smallest absolute Gasteiger partial charge is 0.338 e. The highest BCUT2D eigenvalue weighted by atomic mass is 16.7. The summed E-state index contributed by atoms with van der Waals surface area (Å²) < 4.78 is 54.6. The molecule has 2 aliphatic heterocycles. The zero-order chi connectivity index (χ0) is 48.0. The van der Waals surface area contributed by atoms with Crippen LogP contribution in [0.3, 0.4) is 0 Å². The average molecular weight is 933 g/mol. The highest BCUT2D eigenvalue weighted by molar-refractivity contribution is 5.97. The fourth-order valence-electron chi connectivity index (χ4n) is 7.24. The molecule has 2 heterocycles. The minimum absolute atomic E-state index is 0.0668. The lowest BCUT2D eigenvalue weighted by Crippen LogP contribution is -2.63. The van der Waals surface area contributed by atoms with E-state index in [4.69, 9.17) is 42.6 Å². The number of ether oxygens (including phenoxy) is 9. The topological polar surface area (TPSA) is 185 Å². The van der Waals surface area contributed by atoms with Crippen molar-refractivity contribution in [3.63, 3.8) is 0 Å². The van der Waals surface area contributed by atoms with Crippen LogP contribution in [0.4, 0.5) is 0 Å². The van der Waals surface area contributed by atoms with Crippen molar-refractivity contribution in [1.29, 1.82) is 0 Å². The van der Waals surface area contributed by atoms with Gasteiger partial charge in [-0.2, -0.15) is 0 Å². The predicted molar refractivity (Wildman–Crippen MR) is 243 cm³/mol. The Morgan fingerprint density at radius 3 is 1.29 bits per heavy atom. The van der Waals surface area contributed by atoms with E-state index in [1.54, 1.807) is 127 Å². The molecule has 1 fully saturated rings. The SMILES string of the molecule is O=C(OCC1C=C(O[C@@H]2OC(COC(=O)c3ccccc3)[C@@H](OC(=O)c3ccccc3)[C@H](OC(=O)c3ccccc3)C2OC(=O)c2ccccc2)C(=O)C(OCc2ccccc2)O1)c1ccccc1. The fourth-order valence-corrected chi connectivity index (χ4v) is 7.24. The first-order chi connectivity index (χ1) is 33.7. The molecule has 15 heteroatoms. The summed E-state index contributed by atoms with van der Waals surface area (Å²) in [5.41, 5.74) is 1.38. The van der Waals surface area contributed by atoms with E-state index in [1.165, 1.54) is 54.6 Å². The Kier molecular flexibility index (Phi) is 15.7.